The molecule has 0 spiro atoms. The van der Waals surface area contributed by atoms with E-state index in [2.05, 4.69) is 10.6 Å². The summed E-state index contributed by atoms with van der Waals surface area (Å²) in [7, 11) is 5.33. The van der Waals surface area contributed by atoms with Crippen molar-refractivity contribution in [1.29, 1.82) is 0 Å². The molecule has 0 aromatic carbocycles. The highest BCUT2D eigenvalue weighted by Gasteiger charge is 2.74. The van der Waals surface area contributed by atoms with Gasteiger partial charge in [-0.2, -0.15) is 0 Å². The summed E-state index contributed by atoms with van der Waals surface area (Å²) in [6.45, 7) is 0. The number of fused-ring (bicyclic) bond motifs is 1. The maximum atomic E-state index is 12.0. The average molecular weight is 258 g/mol. The van der Waals surface area contributed by atoms with Crippen molar-refractivity contribution in [3.05, 3.63) is 0 Å². The van der Waals surface area contributed by atoms with Crippen molar-refractivity contribution >= 4 is 18.0 Å². The Morgan fingerprint density at radius 3 is 2.06 bits per heavy atom. The fourth-order valence-electron chi connectivity index (χ4n) is 2.46. The summed E-state index contributed by atoms with van der Waals surface area (Å²) in [5.74, 6) is -2.45. The second kappa shape index (κ2) is 3.56. The van der Waals surface area contributed by atoms with Crippen molar-refractivity contribution in [3.8, 4) is 0 Å². The van der Waals surface area contributed by atoms with Crippen LogP contribution in [0.4, 0.5) is 9.59 Å². The van der Waals surface area contributed by atoms with E-state index in [-0.39, 0.29) is 0 Å². The number of nitrogens with one attached hydrogen (secondary N) is 2. The Kier molecular flexibility index (Phi) is 2.49. The number of carbonyl (C=O) groups excluding carboxylic acids is 3. The quantitative estimate of drug-likeness (QED) is 0.625. The number of imide groups is 1. The minimum atomic E-state index is -1.81. The van der Waals surface area contributed by atoms with E-state index in [0.717, 1.165) is 9.80 Å². The highest BCUT2D eigenvalue weighted by molar-refractivity contribution is 6.06. The molecule has 0 aromatic rings. The molecule has 2 atom stereocenters. The van der Waals surface area contributed by atoms with Crippen molar-refractivity contribution in [3.63, 3.8) is 0 Å². The lowest BCUT2D eigenvalue weighted by Crippen LogP contribution is -2.81. The summed E-state index contributed by atoms with van der Waals surface area (Å²) in [5.41, 5.74) is -1.81. The maximum Gasteiger partial charge on any atom is 0.327 e. The highest BCUT2D eigenvalue weighted by atomic mass is 16.6. The third kappa shape index (κ3) is 1.05. The number of amides is 5. The minimum Gasteiger partial charge on any atom is -0.345 e. The van der Waals surface area contributed by atoms with Crippen molar-refractivity contribution in [2.75, 3.05) is 28.3 Å². The molecule has 2 N–H and O–H groups in total. The van der Waals surface area contributed by atoms with Gasteiger partial charge in [0.2, 0.25) is 0 Å². The number of rotatable bonds is 2. The van der Waals surface area contributed by atoms with Gasteiger partial charge in [-0.25, -0.2) is 9.59 Å². The van der Waals surface area contributed by atoms with Crippen LogP contribution in [0.15, 0.2) is 0 Å². The highest BCUT2D eigenvalue weighted by Crippen LogP contribution is 2.40. The van der Waals surface area contributed by atoms with Crippen LogP contribution in [0.25, 0.3) is 0 Å². The van der Waals surface area contributed by atoms with Gasteiger partial charge in [-0.15, -0.1) is 0 Å². The van der Waals surface area contributed by atoms with Crippen LogP contribution in [0.3, 0.4) is 0 Å². The molecule has 0 saturated carbocycles. The fourth-order valence-corrected chi connectivity index (χ4v) is 2.46. The van der Waals surface area contributed by atoms with Crippen LogP contribution >= 0.6 is 0 Å². The summed E-state index contributed by atoms with van der Waals surface area (Å²) >= 11 is 0. The lowest BCUT2D eigenvalue weighted by molar-refractivity contribution is -0.273. The normalized spacial score (nSPS) is 35.4. The second-order valence-corrected chi connectivity index (χ2v) is 4.01. The van der Waals surface area contributed by atoms with Crippen molar-refractivity contribution < 1.29 is 23.9 Å². The third-order valence-electron chi connectivity index (χ3n) is 3.39. The molecular formula is C9H14N4O5. The van der Waals surface area contributed by atoms with Crippen LogP contribution in [-0.4, -0.2) is 67.7 Å². The zero-order chi connectivity index (χ0) is 13.7. The van der Waals surface area contributed by atoms with E-state index in [1.165, 1.54) is 28.3 Å². The number of urea groups is 2. The molecule has 0 bridgehead atoms. The van der Waals surface area contributed by atoms with Crippen LogP contribution in [0.2, 0.25) is 0 Å². The maximum absolute atomic E-state index is 12.0. The molecule has 2 heterocycles. The Labute approximate surface area is 103 Å². The SMILES string of the molecule is COC12NC(=O)N(C)C1(OC)N(C)C(=O)NC2=O. The second-order valence-electron chi connectivity index (χ2n) is 4.01. The Hall–Kier alpha value is -1.87. The number of carbonyl (C=O) groups is 3. The van der Waals surface area contributed by atoms with Gasteiger partial charge in [0.15, 0.2) is 0 Å². The van der Waals surface area contributed by atoms with Gasteiger partial charge in [0.1, 0.15) is 0 Å². The summed E-state index contributed by atoms with van der Waals surface area (Å²) in [5, 5.41) is 4.49. The van der Waals surface area contributed by atoms with Gasteiger partial charge in [-0.05, 0) is 0 Å². The lowest BCUT2D eigenvalue weighted by Gasteiger charge is -2.50. The molecule has 2 aliphatic rings. The summed E-state index contributed by atoms with van der Waals surface area (Å²) in [6.07, 6.45) is 0. The first-order valence-electron chi connectivity index (χ1n) is 5.13. The number of hydrogen-bond acceptors (Lipinski definition) is 5. The summed E-state index contributed by atoms with van der Waals surface area (Å²) in [6, 6.07) is -1.27. The number of nitrogens with zero attached hydrogens (tertiary/aromatic N) is 2. The van der Waals surface area contributed by atoms with Crippen LogP contribution in [-0.2, 0) is 14.3 Å². The summed E-state index contributed by atoms with van der Waals surface area (Å²) < 4.78 is 10.5. The zero-order valence-electron chi connectivity index (χ0n) is 10.4. The van der Waals surface area contributed by atoms with Crippen molar-refractivity contribution in [2.24, 2.45) is 0 Å². The van der Waals surface area contributed by atoms with E-state index >= 15 is 0 Å². The van der Waals surface area contributed by atoms with Crippen LogP contribution in [0.5, 0.6) is 0 Å². The average Bonchev–Trinajstić information content (AvgIpc) is 2.58. The van der Waals surface area contributed by atoms with Crippen LogP contribution in [0, 0.1) is 0 Å². The van der Waals surface area contributed by atoms with Gasteiger partial charge in [-0.1, -0.05) is 0 Å². The molecule has 2 rings (SSSR count). The van der Waals surface area contributed by atoms with E-state index in [9.17, 15) is 14.4 Å². The van der Waals surface area contributed by atoms with Gasteiger partial charge in [-0.3, -0.25) is 25.2 Å². The lowest BCUT2D eigenvalue weighted by atomic mass is 10.0. The molecule has 2 unspecified atom stereocenters. The first-order chi connectivity index (χ1) is 8.37. The molecule has 0 aromatic heterocycles. The van der Waals surface area contributed by atoms with E-state index in [0.29, 0.717) is 0 Å². The monoisotopic (exact) mass is 258 g/mol. The van der Waals surface area contributed by atoms with Gasteiger partial charge in [0.25, 0.3) is 17.5 Å². The predicted molar refractivity (Wildman–Crippen MR) is 57.1 cm³/mol. The molecule has 2 aliphatic heterocycles. The Morgan fingerprint density at radius 1 is 1.00 bits per heavy atom. The fraction of sp³-hybridized carbons (Fsp3) is 0.667. The van der Waals surface area contributed by atoms with Crippen molar-refractivity contribution in [1.82, 2.24) is 20.4 Å². The van der Waals surface area contributed by atoms with Crippen molar-refractivity contribution in [2.45, 2.75) is 11.6 Å². The smallest absolute Gasteiger partial charge is 0.327 e. The first kappa shape index (κ1) is 12.6. The van der Waals surface area contributed by atoms with Gasteiger partial charge < -0.3 is 9.47 Å². The number of hydrogen-bond donors (Lipinski definition) is 2. The minimum absolute atomic E-state index is 0.588. The third-order valence-corrected chi connectivity index (χ3v) is 3.39. The Balaban J connectivity index is 2.68. The van der Waals surface area contributed by atoms with Crippen LogP contribution < -0.4 is 10.6 Å². The molecule has 9 nitrogen and oxygen atoms in total. The van der Waals surface area contributed by atoms with E-state index in [1.54, 1.807) is 0 Å². The first-order valence-corrected chi connectivity index (χ1v) is 5.13. The van der Waals surface area contributed by atoms with E-state index in [1.807, 2.05) is 0 Å². The number of ether oxygens (including phenoxy) is 2. The predicted octanol–water partition coefficient (Wildman–Crippen LogP) is -1.53. The number of likely N-dealkylation sites (N-methyl/N-ethyl adjacent to an activating group) is 2. The van der Waals surface area contributed by atoms with E-state index in [4.69, 9.17) is 9.47 Å². The number of methoxy groups -OCH3 is 2. The van der Waals surface area contributed by atoms with Gasteiger partial charge >= 0.3 is 12.1 Å². The molecule has 9 heteroatoms. The molecule has 100 valence electrons. The zero-order valence-corrected chi connectivity index (χ0v) is 10.4. The standard InChI is InChI=1S/C9H14N4O5/c1-12-6(15)10-5(14)8(17-3)9(12,18-4)13(2)7(16)11-8/h1-4H3,(H,11,16)(H,10,14,15). The Bertz CT molecular complexity index is 441. The molecule has 0 aliphatic carbocycles. The van der Waals surface area contributed by atoms with E-state index < -0.39 is 29.5 Å². The summed E-state index contributed by atoms with van der Waals surface area (Å²) in [4.78, 5) is 37.7. The van der Waals surface area contributed by atoms with Gasteiger partial charge in [0.05, 0.1) is 0 Å². The Morgan fingerprint density at radius 2 is 1.56 bits per heavy atom. The molecular weight excluding hydrogens is 244 g/mol. The van der Waals surface area contributed by atoms with Crippen LogP contribution in [0.1, 0.15) is 0 Å². The van der Waals surface area contributed by atoms with Gasteiger partial charge in [0, 0.05) is 28.3 Å². The molecule has 2 saturated heterocycles. The molecule has 0 radical (unpaired) electrons. The topological polar surface area (TPSA) is 100 Å². The molecule has 18 heavy (non-hydrogen) atoms. The molecule has 5 amide bonds. The molecule has 2 fully saturated rings. The largest absolute Gasteiger partial charge is 0.345 e.